The van der Waals surface area contributed by atoms with Crippen molar-refractivity contribution in [1.82, 2.24) is 4.98 Å². The molecule has 5 rings (SSSR count). The number of esters is 1. The summed E-state index contributed by atoms with van der Waals surface area (Å²) in [5.41, 5.74) is 17.2. The molecule has 1 aliphatic rings. The number of hydrogen-bond acceptors (Lipinski definition) is 9. The number of fused-ring (bicyclic) bond motifs is 2. The van der Waals surface area contributed by atoms with Gasteiger partial charge in [0.05, 0.1) is 17.9 Å². The van der Waals surface area contributed by atoms with Crippen molar-refractivity contribution in [2.24, 2.45) is 0 Å². The van der Waals surface area contributed by atoms with Crippen molar-refractivity contribution in [3.63, 3.8) is 0 Å². The molecule has 0 spiro atoms. The lowest BCUT2D eigenvalue weighted by Gasteiger charge is -2.11. The molecule has 0 saturated carbocycles. The van der Waals surface area contributed by atoms with E-state index >= 15 is 0 Å². The number of aromatic nitrogens is 1. The highest BCUT2D eigenvalue weighted by atomic mass is 32.1. The van der Waals surface area contributed by atoms with Gasteiger partial charge in [0.15, 0.2) is 0 Å². The van der Waals surface area contributed by atoms with Crippen molar-refractivity contribution in [3.05, 3.63) is 56.3 Å². The van der Waals surface area contributed by atoms with Crippen molar-refractivity contribution in [1.29, 1.82) is 5.26 Å². The maximum Gasteiger partial charge on any atom is 0.341 e. The fraction of sp³-hybridized carbons (Fsp3) is 0.333. The summed E-state index contributed by atoms with van der Waals surface area (Å²) in [6.45, 7) is 4.09. The molecule has 3 heterocycles. The number of nitriles is 1. The number of benzene rings is 1. The highest BCUT2D eigenvalue weighted by Crippen LogP contribution is 2.44. The number of pyridine rings is 1. The molecule has 5 N–H and O–H groups in total. The van der Waals surface area contributed by atoms with Crippen LogP contribution in [0.3, 0.4) is 0 Å². The highest BCUT2D eigenvalue weighted by Gasteiger charge is 2.29. The Morgan fingerprint density at radius 3 is 2.48 bits per heavy atom. The number of thiophene rings is 2. The lowest BCUT2D eigenvalue weighted by molar-refractivity contribution is 0.0526. The minimum absolute atomic E-state index is 0.0837. The molecule has 0 atom stereocenters. The lowest BCUT2D eigenvalue weighted by atomic mass is 9.96. The molecule has 0 saturated heterocycles. The van der Waals surface area contributed by atoms with E-state index in [0.717, 1.165) is 77.9 Å². The van der Waals surface area contributed by atoms with Gasteiger partial charge in [0.25, 0.3) is 5.91 Å². The zero-order valence-corrected chi connectivity index (χ0v) is 24.2. The average molecular weight is 574 g/mol. The summed E-state index contributed by atoms with van der Waals surface area (Å²) < 4.78 is 5.38. The summed E-state index contributed by atoms with van der Waals surface area (Å²) in [5.74, 6) is -0.781. The molecule has 1 aliphatic carbocycles. The summed E-state index contributed by atoms with van der Waals surface area (Å²) in [6.07, 6.45) is 6.82. The Kier molecular flexibility index (Phi) is 8.05. The number of anilines is 3. The normalized spacial score (nSPS) is 13.2. The maximum atomic E-state index is 13.7. The van der Waals surface area contributed by atoms with Gasteiger partial charge in [0, 0.05) is 15.8 Å². The molecule has 3 aromatic heterocycles. The fourth-order valence-electron chi connectivity index (χ4n) is 5.23. The molecule has 206 valence electrons. The van der Waals surface area contributed by atoms with Crippen LogP contribution in [0.1, 0.15) is 81.1 Å². The first kappa shape index (κ1) is 27.6. The van der Waals surface area contributed by atoms with Gasteiger partial charge in [-0.1, -0.05) is 44.0 Å². The van der Waals surface area contributed by atoms with Gasteiger partial charge in [-0.15, -0.1) is 22.7 Å². The summed E-state index contributed by atoms with van der Waals surface area (Å²) in [4.78, 5) is 33.0. The number of amides is 1. The number of nitrogens with two attached hydrogens (primary N) is 2. The van der Waals surface area contributed by atoms with Crippen molar-refractivity contribution in [2.75, 3.05) is 23.4 Å². The predicted molar refractivity (Wildman–Crippen MR) is 162 cm³/mol. The van der Waals surface area contributed by atoms with Gasteiger partial charge in [-0.25, -0.2) is 9.78 Å². The van der Waals surface area contributed by atoms with Crippen LogP contribution in [-0.4, -0.2) is 23.5 Å². The van der Waals surface area contributed by atoms with Crippen LogP contribution in [0.25, 0.3) is 21.3 Å². The van der Waals surface area contributed by atoms with Gasteiger partial charge in [0.1, 0.15) is 32.2 Å². The van der Waals surface area contributed by atoms with Crippen LogP contribution < -0.4 is 16.8 Å². The van der Waals surface area contributed by atoms with Crippen LogP contribution in [-0.2, 0) is 24.0 Å². The van der Waals surface area contributed by atoms with Gasteiger partial charge >= 0.3 is 5.97 Å². The molecule has 40 heavy (non-hydrogen) atoms. The van der Waals surface area contributed by atoms with E-state index in [1.165, 1.54) is 11.3 Å². The van der Waals surface area contributed by atoms with Crippen LogP contribution in [0, 0.1) is 11.3 Å². The van der Waals surface area contributed by atoms with E-state index in [1.54, 1.807) is 6.92 Å². The number of ether oxygens (including phenoxy) is 1. The number of nitrogen functional groups attached to an aromatic ring is 2. The molecule has 10 heteroatoms. The van der Waals surface area contributed by atoms with Crippen LogP contribution in [0.5, 0.6) is 0 Å². The first-order chi connectivity index (χ1) is 19.4. The molecular formula is C30H31N5O3S2. The standard InChI is InChI=1S/C30H31N5O3S2/c1-3-16-11-13-17(14-12-16)21-19(15-31)26(33)34-29-23(21)24(32)25(40-29)27(36)35-28-22(30(37)38-4-2)18-9-7-5-6-8-10-20(18)39-28/h11-14H,3-10,32H2,1-2H3,(H2,33,34)(H,35,36). The lowest BCUT2D eigenvalue weighted by Crippen LogP contribution is -2.15. The number of carbonyl (C=O) groups excluding carboxylic acids is 2. The van der Waals surface area contributed by atoms with Crippen LogP contribution in [0.15, 0.2) is 24.3 Å². The first-order valence-corrected chi connectivity index (χ1v) is 15.1. The minimum atomic E-state index is -0.440. The largest absolute Gasteiger partial charge is 0.462 e. The second-order valence-corrected chi connectivity index (χ2v) is 11.8. The molecule has 8 nitrogen and oxygen atoms in total. The van der Waals surface area contributed by atoms with Crippen molar-refractivity contribution in [3.8, 4) is 17.2 Å². The van der Waals surface area contributed by atoms with Crippen molar-refractivity contribution >= 4 is 61.3 Å². The number of nitrogens with one attached hydrogen (secondary N) is 1. The number of carbonyl (C=O) groups is 2. The summed E-state index contributed by atoms with van der Waals surface area (Å²) in [6, 6.07) is 10.0. The van der Waals surface area contributed by atoms with Gasteiger partial charge in [-0.3, -0.25) is 4.79 Å². The summed E-state index contributed by atoms with van der Waals surface area (Å²) in [5, 5.41) is 13.9. The number of nitrogens with zero attached hydrogens (tertiary/aromatic N) is 2. The third-order valence-corrected chi connectivity index (χ3v) is 9.56. The molecule has 0 bridgehead atoms. The Labute approximate surface area is 241 Å². The highest BCUT2D eigenvalue weighted by molar-refractivity contribution is 7.21. The second-order valence-electron chi connectivity index (χ2n) is 9.73. The Bertz CT molecular complexity index is 1650. The van der Waals surface area contributed by atoms with Gasteiger partial charge in [-0.2, -0.15) is 5.26 Å². The van der Waals surface area contributed by atoms with Gasteiger partial charge in [0.2, 0.25) is 0 Å². The van der Waals surface area contributed by atoms with E-state index in [9.17, 15) is 14.9 Å². The minimum Gasteiger partial charge on any atom is -0.462 e. The van der Waals surface area contributed by atoms with E-state index in [4.69, 9.17) is 16.2 Å². The van der Waals surface area contributed by atoms with E-state index in [1.807, 2.05) is 24.3 Å². The van der Waals surface area contributed by atoms with E-state index < -0.39 is 11.9 Å². The zero-order valence-electron chi connectivity index (χ0n) is 22.6. The SMILES string of the molecule is CCOC(=O)c1c(NC(=O)c2sc3nc(N)c(C#N)c(-c4ccc(CC)cc4)c3c2N)sc2c1CCCCCC2. The molecule has 0 unspecified atom stereocenters. The Hall–Kier alpha value is -3.94. The van der Waals surface area contributed by atoms with Crippen molar-refractivity contribution < 1.29 is 14.3 Å². The molecule has 0 fully saturated rings. The topological polar surface area (TPSA) is 144 Å². The predicted octanol–water partition coefficient (Wildman–Crippen LogP) is 6.71. The first-order valence-electron chi connectivity index (χ1n) is 13.5. The Balaban J connectivity index is 1.60. The Morgan fingerprint density at radius 2 is 1.80 bits per heavy atom. The van der Waals surface area contributed by atoms with Crippen LogP contribution >= 0.6 is 22.7 Å². The molecule has 0 radical (unpaired) electrons. The van der Waals surface area contributed by atoms with Crippen molar-refractivity contribution in [2.45, 2.75) is 58.8 Å². The molecular weight excluding hydrogens is 542 g/mol. The number of rotatable bonds is 6. The summed E-state index contributed by atoms with van der Waals surface area (Å²) in [7, 11) is 0. The zero-order chi connectivity index (χ0) is 28.4. The third-order valence-electron chi connectivity index (χ3n) is 7.25. The van der Waals surface area contributed by atoms with Crippen LogP contribution in [0.4, 0.5) is 16.5 Å². The maximum absolute atomic E-state index is 13.7. The number of aryl methyl sites for hydroxylation is 2. The number of hydrogen-bond donors (Lipinski definition) is 3. The quantitative estimate of drug-likeness (QED) is 0.217. The monoisotopic (exact) mass is 573 g/mol. The van der Waals surface area contributed by atoms with E-state index in [0.29, 0.717) is 26.3 Å². The Morgan fingerprint density at radius 1 is 1.07 bits per heavy atom. The molecule has 0 aliphatic heterocycles. The van der Waals surface area contributed by atoms with Gasteiger partial charge < -0.3 is 21.5 Å². The van der Waals surface area contributed by atoms with Crippen LogP contribution in [0.2, 0.25) is 0 Å². The second kappa shape index (κ2) is 11.7. The summed E-state index contributed by atoms with van der Waals surface area (Å²) >= 11 is 2.56. The molecule has 1 aromatic carbocycles. The smallest absolute Gasteiger partial charge is 0.341 e. The van der Waals surface area contributed by atoms with E-state index in [-0.39, 0.29) is 28.6 Å². The average Bonchev–Trinajstić information content (AvgIpc) is 3.44. The molecule has 4 aromatic rings. The van der Waals surface area contributed by atoms with E-state index in [2.05, 4.69) is 23.3 Å². The third kappa shape index (κ3) is 5.03. The fourth-order valence-corrected chi connectivity index (χ4v) is 7.51. The van der Waals surface area contributed by atoms with Gasteiger partial charge in [-0.05, 0) is 55.7 Å². The molecule has 1 amide bonds.